The van der Waals surface area contributed by atoms with Crippen LogP contribution >= 0.6 is 0 Å². The molecule has 1 aromatic carbocycles. The highest BCUT2D eigenvalue weighted by atomic mass is 16.4. The van der Waals surface area contributed by atoms with Gasteiger partial charge in [0.2, 0.25) is 0 Å². The van der Waals surface area contributed by atoms with Crippen LogP contribution in [0, 0.1) is 12.3 Å². The SMILES string of the molecule is C#Cc1ccccc1C(C)CC(=O)O. The molecule has 0 aliphatic heterocycles. The topological polar surface area (TPSA) is 37.3 Å². The third kappa shape index (κ3) is 2.37. The highest BCUT2D eigenvalue weighted by Gasteiger charge is 2.12. The molecule has 72 valence electrons. The van der Waals surface area contributed by atoms with Crippen LogP contribution in [-0.4, -0.2) is 11.1 Å². The Balaban J connectivity index is 2.95. The molecule has 0 bridgehead atoms. The van der Waals surface area contributed by atoms with Gasteiger partial charge in [0, 0.05) is 5.56 Å². The molecule has 0 aliphatic rings. The van der Waals surface area contributed by atoms with Crippen molar-refractivity contribution in [2.75, 3.05) is 0 Å². The second-order valence-electron chi connectivity index (χ2n) is 3.23. The lowest BCUT2D eigenvalue weighted by Crippen LogP contribution is -2.04. The van der Waals surface area contributed by atoms with Gasteiger partial charge in [0.25, 0.3) is 0 Å². The minimum absolute atomic E-state index is 0.0419. The molecule has 0 radical (unpaired) electrons. The van der Waals surface area contributed by atoms with E-state index in [-0.39, 0.29) is 12.3 Å². The van der Waals surface area contributed by atoms with Crippen molar-refractivity contribution < 1.29 is 9.90 Å². The Kier molecular flexibility index (Phi) is 3.30. The van der Waals surface area contributed by atoms with Gasteiger partial charge in [-0.25, -0.2) is 0 Å². The molecule has 1 unspecified atom stereocenters. The van der Waals surface area contributed by atoms with E-state index in [9.17, 15) is 4.79 Å². The van der Waals surface area contributed by atoms with Crippen molar-refractivity contribution in [2.45, 2.75) is 19.3 Å². The van der Waals surface area contributed by atoms with Crippen LogP contribution in [0.25, 0.3) is 0 Å². The highest BCUT2D eigenvalue weighted by Crippen LogP contribution is 2.22. The lowest BCUT2D eigenvalue weighted by atomic mass is 9.93. The van der Waals surface area contributed by atoms with Gasteiger partial charge in [-0.05, 0) is 17.5 Å². The van der Waals surface area contributed by atoms with E-state index in [0.29, 0.717) is 0 Å². The molecule has 0 aliphatic carbocycles. The van der Waals surface area contributed by atoms with E-state index < -0.39 is 5.97 Å². The zero-order chi connectivity index (χ0) is 10.6. The fraction of sp³-hybridized carbons (Fsp3) is 0.250. The van der Waals surface area contributed by atoms with Crippen LogP contribution in [0.1, 0.15) is 30.4 Å². The van der Waals surface area contributed by atoms with Crippen LogP contribution in [0.15, 0.2) is 24.3 Å². The average Bonchev–Trinajstić information content (AvgIpc) is 2.16. The summed E-state index contributed by atoms with van der Waals surface area (Å²) in [6.45, 7) is 1.87. The van der Waals surface area contributed by atoms with Crippen molar-refractivity contribution in [1.29, 1.82) is 0 Å². The first kappa shape index (κ1) is 10.3. The van der Waals surface area contributed by atoms with Gasteiger partial charge in [0.1, 0.15) is 0 Å². The van der Waals surface area contributed by atoms with Crippen LogP contribution in [0.3, 0.4) is 0 Å². The second-order valence-corrected chi connectivity index (χ2v) is 3.23. The van der Waals surface area contributed by atoms with E-state index in [1.807, 2.05) is 31.2 Å². The first-order chi connectivity index (χ1) is 6.65. The third-order valence-electron chi connectivity index (χ3n) is 2.13. The fourth-order valence-corrected chi connectivity index (χ4v) is 1.43. The number of carbonyl (C=O) groups is 1. The van der Waals surface area contributed by atoms with E-state index in [1.165, 1.54) is 0 Å². The molecule has 1 rings (SSSR count). The van der Waals surface area contributed by atoms with Gasteiger partial charge in [-0.3, -0.25) is 4.79 Å². The summed E-state index contributed by atoms with van der Waals surface area (Å²) >= 11 is 0. The number of carboxylic acids is 1. The number of rotatable bonds is 3. The summed E-state index contributed by atoms with van der Waals surface area (Å²) in [5, 5.41) is 8.66. The molecule has 0 aromatic heterocycles. The number of terminal acetylenes is 1. The number of aliphatic carboxylic acids is 1. The molecule has 1 atom stereocenters. The minimum Gasteiger partial charge on any atom is -0.481 e. The van der Waals surface area contributed by atoms with E-state index in [2.05, 4.69) is 5.92 Å². The Morgan fingerprint density at radius 1 is 1.57 bits per heavy atom. The molecule has 0 heterocycles. The standard InChI is InChI=1S/C12H12O2/c1-3-10-6-4-5-7-11(10)9(2)8-12(13)14/h1,4-7,9H,8H2,2H3,(H,13,14). The second kappa shape index (κ2) is 4.48. The molecule has 0 spiro atoms. The molecule has 1 N–H and O–H groups in total. The Morgan fingerprint density at radius 3 is 2.79 bits per heavy atom. The summed E-state index contributed by atoms with van der Waals surface area (Å²) in [6, 6.07) is 7.43. The molecule has 0 amide bonds. The predicted molar refractivity (Wildman–Crippen MR) is 55.0 cm³/mol. The number of hydrogen-bond donors (Lipinski definition) is 1. The largest absolute Gasteiger partial charge is 0.481 e. The van der Waals surface area contributed by atoms with Crippen molar-refractivity contribution in [3.05, 3.63) is 35.4 Å². The van der Waals surface area contributed by atoms with Gasteiger partial charge in [0.15, 0.2) is 0 Å². The summed E-state index contributed by atoms with van der Waals surface area (Å²) in [5.41, 5.74) is 1.71. The quantitative estimate of drug-likeness (QED) is 0.738. The maximum absolute atomic E-state index is 10.5. The zero-order valence-electron chi connectivity index (χ0n) is 8.03. The monoisotopic (exact) mass is 188 g/mol. The van der Waals surface area contributed by atoms with Gasteiger partial charge in [-0.2, -0.15) is 0 Å². The smallest absolute Gasteiger partial charge is 0.303 e. The molecule has 0 saturated heterocycles. The maximum atomic E-state index is 10.5. The van der Waals surface area contributed by atoms with Gasteiger partial charge >= 0.3 is 5.97 Å². The van der Waals surface area contributed by atoms with Crippen molar-refractivity contribution in [3.8, 4) is 12.3 Å². The van der Waals surface area contributed by atoms with Crippen LogP contribution < -0.4 is 0 Å². The van der Waals surface area contributed by atoms with Crippen molar-refractivity contribution in [1.82, 2.24) is 0 Å². The molecular formula is C12H12O2. The average molecular weight is 188 g/mol. The van der Waals surface area contributed by atoms with Crippen LogP contribution in [0.5, 0.6) is 0 Å². The van der Waals surface area contributed by atoms with Gasteiger partial charge in [0.05, 0.1) is 6.42 Å². The number of hydrogen-bond acceptors (Lipinski definition) is 1. The van der Waals surface area contributed by atoms with Crippen LogP contribution in [-0.2, 0) is 4.79 Å². The molecular weight excluding hydrogens is 176 g/mol. The summed E-state index contributed by atoms with van der Waals surface area (Å²) in [4.78, 5) is 10.5. The Morgan fingerprint density at radius 2 is 2.21 bits per heavy atom. The van der Waals surface area contributed by atoms with E-state index in [1.54, 1.807) is 0 Å². The Bertz CT molecular complexity index is 374. The van der Waals surface area contributed by atoms with E-state index >= 15 is 0 Å². The molecule has 1 aromatic rings. The van der Waals surface area contributed by atoms with Crippen molar-refractivity contribution in [2.24, 2.45) is 0 Å². The van der Waals surface area contributed by atoms with Crippen molar-refractivity contribution >= 4 is 5.97 Å². The third-order valence-corrected chi connectivity index (χ3v) is 2.13. The summed E-state index contributed by atoms with van der Waals surface area (Å²) < 4.78 is 0. The van der Waals surface area contributed by atoms with Crippen LogP contribution in [0.2, 0.25) is 0 Å². The Hall–Kier alpha value is -1.75. The fourth-order valence-electron chi connectivity index (χ4n) is 1.43. The first-order valence-corrected chi connectivity index (χ1v) is 4.42. The lowest BCUT2D eigenvalue weighted by molar-refractivity contribution is -0.137. The number of carboxylic acid groups (broad SMARTS) is 1. The number of benzene rings is 1. The summed E-state index contributed by atoms with van der Waals surface area (Å²) in [6.07, 6.45) is 5.43. The lowest BCUT2D eigenvalue weighted by Gasteiger charge is -2.10. The van der Waals surface area contributed by atoms with Crippen LogP contribution in [0.4, 0.5) is 0 Å². The molecule has 2 heteroatoms. The Labute approximate surface area is 83.6 Å². The highest BCUT2D eigenvalue weighted by molar-refractivity contribution is 5.68. The maximum Gasteiger partial charge on any atom is 0.303 e. The normalized spacial score (nSPS) is 11.7. The predicted octanol–water partition coefficient (Wildman–Crippen LogP) is 2.25. The molecule has 2 nitrogen and oxygen atoms in total. The summed E-state index contributed by atoms with van der Waals surface area (Å²) in [7, 11) is 0. The van der Waals surface area contributed by atoms with Gasteiger partial charge < -0.3 is 5.11 Å². The van der Waals surface area contributed by atoms with E-state index in [4.69, 9.17) is 11.5 Å². The molecule has 0 saturated carbocycles. The molecule has 0 fully saturated rings. The van der Waals surface area contributed by atoms with Gasteiger partial charge in [-0.1, -0.05) is 31.0 Å². The minimum atomic E-state index is -0.802. The molecule has 14 heavy (non-hydrogen) atoms. The zero-order valence-corrected chi connectivity index (χ0v) is 8.03. The van der Waals surface area contributed by atoms with E-state index in [0.717, 1.165) is 11.1 Å². The van der Waals surface area contributed by atoms with Crippen molar-refractivity contribution in [3.63, 3.8) is 0 Å². The summed E-state index contributed by atoms with van der Waals surface area (Å²) in [5.74, 6) is 1.71. The first-order valence-electron chi connectivity index (χ1n) is 4.42. The van der Waals surface area contributed by atoms with Gasteiger partial charge in [-0.15, -0.1) is 6.42 Å².